The lowest BCUT2D eigenvalue weighted by Gasteiger charge is -2.32. The molecule has 1 aromatic carbocycles. The Morgan fingerprint density at radius 3 is 2.35 bits per heavy atom. The SMILES string of the molecule is CC(=O)Nc1ccc(SC(C)C(=O)N(C)C2CCCCC2)cc1. The lowest BCUT2D eigenvalue weighted by atomic mass is 9.94. The first-order chi connectivity index (χ1) is 11.0. The van der Waals surface area contributed by atoms with Crippen LogP contribution in [0.3, 0.4) is 0 Å². The summed E-state index contributed by atoms with van der Waals surface area (Å²) in [7, 11) is 1.94. The summed E-state index contributed by atoms with van der Waals surface area (Å²) >= 11 is 1.57. The van der Waals surface area contributed by atoms with E-state index < -0.39 is 0 Å². The van der Waals surface area contributed by atoms with E-state index in [0.717, 1.165) is 23.4 Å². The highest BCUT2D eigenvalue weighted by atomic mass is 32.2. The van der Waals surface area contributed by atoms with Gasteiger partial charge < -0.3 is 10.2 Å². The van der Waals surface area contributed by atoms with Gasteiger partial charge in [0.2, 0.25) is 11.8 Å². The quantitative estimate of drug-likeness (QED) is 0.830. The van der Waals surface area contributed by atoms with Gasteiger partial charge in [-0.25, -0.2) is 0 Å². The van der Waals surface area contributed by atoms with Crippen LogP contribution in [0.15, 0.2) is 29.2 Å². The topological polar surface area (TPSA) is 49.4 Å². The Kier molecular flexibility index (Phi) is 6.51. The monoisotopic (exact) mass is 334 g/mol. The van der Waals surface area contributed by atoms with Crippen LogP contribution in [0, 0.1) is 0 Å². The zero-order chi connectivity index (χ0) is 16.8. The van der Waals surface area contributed by atoms with Crippen LogP contribution in [0.25, 0.3) is 0 Å². The molecular weight excluding hydrogens is 308 g/mol. The fraction of sp³-hybridized carbons (Fsp3) is 0.556. The Hall–Kier alpha value is -1.49. The summed E-state index contributed by atoms with van der Waals surface area (Å²) in [5, 5.41) is 2.64. The van der Waals surface area contributed by atoms with Crippen LogP contribution in [0.5, 0.6) is 0 Å². The van der Waals surface area contributed by atoms with E-state index in [0.29, 0.717) is 6.04 Å². The van der Waals surface area contributed by atoms with E-state index in [2.05, 4.69) is 5.32 Å². The fourth-order valence-electron chi connectivity index (χ4n) is 3.01. The van der Waals surface area contributed by atoms with Gasteiger partial charge in [0.05, 0.1) is 5.25 Å². The second-order valence-electron chi connectivity index (χ2n) is 6.21. The minimum Gasteiger partial charge on any atom is -0.342 e. The van der Waals surface area contributed by atoms with Gasteiger partial charge in [-0.3, -0.25) is 9.59 Å². The highest BCUT2D eigenvalue weighted by Gasteiger charge is 2.26. The molecule has 126 valence electrons. The molecule has 1 aliphatic carbocycles. The number of thioether (sulfide) groups is 1. The van der Waals surface area contributed by atoms with E-state index in [4.69, 9.17) is 0 Å². The van der Waals surface area contributed by atoms with Gasteiger partial charge in [0.25, 0.3) is 0 Å². The zero-order valence-corrected chi connectivity index (χ0v) is 15.0. The average Bonchev–Trinajstić information content (AvgIpc) is 2.55. The van der Waals surface area contributed by atoms with E-state index in [-0.39, 0.29) is 17.1 Å². The summed E-state index contributed by atoms with van der Waals surface area (Å²) in [4.78, 5) is 26.6. The highest BCUT2D eigenvalue weighted by Crippen LogP contribution is 2.28. The molecule has 5 heteroatoms. The number of carbonyl (C=O) groups is 2. The number of anilines is 1. The third kappa shape index (κ3) is 5.27. The number of rotatable bonds is 5. The number of hydrogen-bond donors (Lipinski definition) is 1. The molecule has 0 spiro atoms. The normalized spacial score (nSPS) is 16.7. The van der Waals surface area contributed by atoms with Gasteiger partial charge in [-0.2, -0.15) is 0 Å². The summed E-state index contributed by atoms with van der Waals surface area (Å²) in [5.41, 5.74) is 0.778. The maximum absolute atomic E-state index is 12.6. The molecule has 1 aromatic rings. The molecule has 0 heterocycles. The Labute approximate surface area is 143 Å². The van der Waals surface area contributed by atoms with Crippen molar-refractivity contribution in [2.45, 2.75) is 62.1 Å². The minimum atomic E-state index is -0.103. The third-order valence-corrected chi connectivity index (χ3v) is 5.40. The van der Waals surface area contributed by atoms with Gasteiger partial charge in [-0.15, -0.1) is 11.8 Å². The summed E-state index contributed by atoms with van der Waals surface area (Å²) in [5.74, 6) is 0.121. The van der Waals surface area contributed by atoms with Crippen LogP contribution < -0.4 is 5.32 Å². The maximum atomic E-state index is 12.6. The van der Waals surface area contributed by atoms with Gasteiger partial charge in [-0.1, -0.05) is 19.3 Å². The van der Waals surface area contributed by atoms with Crippen molar-refractivity contribution in [3.05, 3.63) is 24.3 Å². The minimum absolute atomic E-state index is 0.0805. The largest absolute Gasteiger partial charge is 0.342 e. The number of carbonyl (C=O) groups excluding carboxylic acids is 2. The first kappa shape index (κ1) is 17.9. The van der Waals surface area contributed by atoms with Crippen molar-refractivity contribution in [2.75, 3.05) is 12.4 Å². The molecule has 2 rings (SSSR count). The van der Waals surface area contributed by atoms with Gasteiger partial charge >= 0.3 is 0 Å². The maximum Gasteiger partial charge on any atom is 0.235 e. The molecule has 1 aliphatic rings. The van der Waals surface area contributed by atoms with E-state index in [1.54, 1.807) is 11.8 Å². The Bertz CT molecular complexity index is 538. The van der Waals surface area contributed by atoms with Crippen LogP contribution >= 0.6 is 11.8 Å². The molecule has 1 fully saturated rings. The van der Waals surface area contributed by atoms with Crippen molar-refractivity contribution in [1.29, 1.82) is 0 Å². The third-order valence-electron chi connectivity index (χ3n) is 4.31. The molecule has 2 amide bonds. The first-order valence-electron chi connectivity index (χ1n) is 8.28. The van der Waals surface area contributed by atoms with Crippen molar-refractivity contribution in [3.63, 3.8) is 0 Å². The van der Waals surface area contributed by atoms with Crippen LogP contribution in [0.1, 0.15) is 46.0 Å². The van der Waals surface area contributed by atoms with Crippen molar-refractivity contribution in [1.82, 2.24) is 4.90 Å². The van der Waals surface area contributed by atoms with E-state index in [1.807, 2.05) is 43.1 Å². The molecule has 1 saturated carbocycles. The molecule has 0 aromatic heterocycles. The lowest BCUT2D eigenvalue weighted by Crippen LogP contribution is -2.42. The van der Waals surface area contributed by atoms with Crippen LogP contribution in [0.2, 0.25) is 0 Å². The van der Waals surface area contributed by atoms with Crippen LogP contribution in [-0.2, 0) is 9.59 Å². The zero-order valence-electron chi connectivity index (χ0n) is 14.2. The fourth-order valence-corrected chi connectivity index (χ4v) is 3.98. The Morgan fingerprint density at radius 1 is 1.17 bits per heavy atom. The predicted octanol–water partition coefficient (Wildman–Crippen LogP) is 3.92. The van der Waals surface area contributed by atoms with Gasteiger partial charge in [-0.05, 0) is 44.0 Å². The first-order valence-corrected chi connectivity index (χ1v) is 9.16. The Balaban J connectivity index is 1.90. The summed E-state index contributed by atoms with van der Waals surface area (Å²) < 4.78 is 0. The Morgan fingerprint density at radius 2 is 1.78 bits per heavy atom. The summed E-state index contributed by atoms with van der Waals surface area (Å²) in [6, 6.07) is 8.03. The molecule has 0 radical (unpaired) electrons. The number of nitrogens with one attached hydrogen (secondary N) is 1. The molecule has 1 unspecified atom stereocenters. The second kappa shape index (κ2) is 8.39. The van der Waals surface area contributed by atoms with Crippen molar-refractivity contribution >= 4 is 29.3 Å². The van der Waals surface area contributed by atoms with Gasteiger partial charge in [0, 0.05) is 30.6 Å². The van der Waals surface area contributed by atoms with Crippen molar-refractivity contribution in [2.24, 2.45) is 0 Å². The number of hydrogen-bond acceptors (Lipinski definition) is 3. The molecule has 0 bridgehead atoms. The molecule has 1 N–H and O–H groups in total. The van der Waals surface area contributed by atoms with E-state index in [1.165, 1.54) is 26.2 Å². The number of benzene rings is 1. The molecule has 1 atom stereocenters. The van der Waals surface area contributed by atoms with Crippen LogP contribution in [-0.4, -0.2) is 35.1 Å². The molecule has 23 heavy (non-hydrogen) atoms. The molecule has 0 saturated heterocycles. The predicted molar refractivity (Wildman–Crippen MR) is 95.7 cm³/mol. The van der Waals surface area contributed by atoms with Crippen LogP contribution in [0.4, 0.5) is 5.69 Å². The summed E-state index contributed by atoms with van der Waals surface area (Å²) in [6.45, 7) is 3.46. The van der Waals surface area contributed by atoms with Gasteiger partial charge in [0.15, 0.2) is 0 Å². The van der Waals surface area contributed by atoms with Crippen molar-refractivity contribution < 1.29 is 9.59 Å². The van der Waals surface area contributed by atoms with E-state index in [9.17, 15) is 9.59 Å². The molecule has 4 nitrogen and oxygen atoms in total. The smallest absolute Gasteiger partial charge is 0.235 e. The molecule has 0 aliphatic heterocycles. The van der Waals surface area contributed by atoms with E-state index >= 15 is 0 Å². The lowest BCUT2D eigenvalue weighted by molar-refractivity contribution is -0.131. The van der Waals surface area contributed by atoms with Gasteiger partial charge in [0.1, 0.15) is 0 Å². The highest BCUT2D eigenvalue weighted by molar-refractivity contribution is 8.00. The average molecular weight is 334 g/mol. The van der Waals surface area contributed by atoms with Crippen molar-refractivity contribution in [3.8, 4) is 0 Å². The number of nitrogens with zero attached hydrogens (tertiary/aromatic N) is 1. The second-order valence-corrected chi connectivity index (χ2v) is 7.62. The molecular formula is C18H26N2O2S. The standard InChI is InChI=1S/C18H26N2O2S/c1-13(18(22)20(3)16-7-5-4-6-8-16)23-17-11-9-15(10-12-17)19-14(2)21/h9-13,16H,4-8H2,1-3H3,(H,19,21). The summed E-state index contributed by atoms with van der Waals surface area (Å²) in [6.07, 6.45) is 6.02. The number of amides is 2.